The van der Waals surface area contributed by atoms with Crippen LogP contribution in [0.1, 0.15) is 34.1 Å². The first-order valence-electron chi connectivity index (χ1n) is 6.91. The van der Waals surface area contributed by atoms with Gasteiger partial charge in [0.15, 0.2) is 0 Å². The molecule has 0 aromatic heterocycles. The Kier molecular flexibility index (Phi) is 5.17. The van der Waals surface area contributed by atoms with Gasteiger partial charge in [0, 0.05) is 24.5 Å². The van der Waals surface area contributed by atoms with E-state index in [1.54, 1.807) is 0 Å². The molecule has 0 radical (unpaired) electrons. The van der Waals surface area contributed by atoms with Gasteiger partial charge in [-0.25, -0.2) is 0 Å². The van der Waals surface area contributed by atoms with Crippen LogP contribution in [0.3, 0.4) is 0 Å². The molecule has 18 heavy (non-hydrogen) atoms. The number of hydrogen-bond acceptors (Lipinski definition) is 3. The van der Waals surface area contributed by atoms with Crippen LogP contribution in [0.25, 0.3) is 0 Å². The normalized spacial score (nSPS) is 24.6. The summed E-state index contributed by atoms with van der Waals surface area (Å²) in [5.41, 5.74) is -0.0912. The fourth-order valence-electron chi connectivity index (χ4n) is 2.39. The minimum atomic E-state index is -0.0912. The molecule has 0 aromatic rings. The van der Waals surface area contributed by atoms with Crippen molar-refractivity contribution >= 4 is 5.91 Å². The van der Waals surface area contributed by atoms with Crippen molar-refractivity contribution in [3.05, 3.63) is 0 Å². The summed E-state index contributed by atoms with van der Waals surface area (Å²) in [6.45, 7) is 10.6. The molecular weight excluding hydrogens is 228 g/mol. The average molecular weight is 256 g/mol. The van der Waals surface area contributed by atoms with Crippen LogP contribution in [0.4, 0.5) is 0 Å². The Hall–Kier alpha value is -0.610. The molecule has 1 saturated heterocycles. The third-order valence-electron chi connectivity index (χ3n) is 4.54. The van der Waals surface area contributed by atoms with Crippen LogP contribution in [0.15, 0.2) is 0 Å². The van der Waals surface area contributed by atoms with E-state index in [1.807, 2.05) is 11.9 Å². The highest BCUT2D eigenvalue weighted by atomic mass is 16.3. The molecule has 1 amide bonds. The number of aliphatic hydroxyl groups is 1. The van der Waals surface area contributed by atoms with Gasteiger partial charge in [-0.15, -0.1) is 0 Å². The molecule has 106 valence electrons. The van der Waals surface area contributed by atoms with E-state index < -0.39 is 0 Å². The number of rotatable bonds is 5. The van der Waals surface area contributed by atoms with E-state index >= 15 is 0 Å². The number of aliphatic hydroxyl groups excluding tert-OH is 1. The van der Waals surface area contributed by atoms with Crippen molar-refractivity contribution in [3.63, 3.8) is 0 Å². The molecule has 1 aliphatic rings. The van der Waals surface area contributed by atoms with E-state index in [4.69, 9.17) is 0 Å². The quantitative estimate of drug-likeness (QED) is 0.803. The number of likely N-dealkylation sites (tertiary alicyclic amines) is 1. The second kappa shape index (κ2) is 6.02. The molecule has 1 rings (SSSR count). The van der Waals surface area contributed by atoms with Gasteiger partial charge in [-0.2, -0.15) is 0 Å². The summed E-state index contributed by atoms with van der Waals surface area (Å²) in [6, 6.07) is 0.379. The van der Waals surface area contributed by atoms with Crippen LogP contribution in [0, 0.1) is 11.3 Å². The van der Waals surface area contributed by atoms with Crippen LogP contribution in [-0.4, -0.2) is 60.1 Å². The predicted molar refractivity (Wildman–Crippen MR) is 73.3 cm³/mol. The molecule has 0 aliphatic carbocycles. The largest absolute Gasteiger partial charge is 0.396 e. The van der Waals surface area contributed by atoms with Gasteiger partial charge < -0.3 is 10.0 Å². The number of hydrogen-bond donors (Lipinski definition) is 1. The van der Waals surface area contributed by atoms with Crippen molar-refractivity contribution in [1.82, 2.24) is 9.80 Å². The summed E-state index contributed by atoms with van der Waals surface area (Å²) in [5, 5.41) is 9.61. The molecule has 1 unspecified atom stereocenters. The molecular formula is C14H28N2O2. The molecule has 1 heterocycles. The molecule has 1 aliphatic heterocycles. The van der Waals surface area contributed by atoms with Crippen LogP contribution in [0.2, 0.25) is 0 Å². The Labute approximate surface area is 111 Å². The monoisotopic (exact) mass is 256 g/mol. The minimum absolute atomic E-state index is 0.0912. The Bertz CT molecular complexity index is 292. The molecule has 0 spiro atoms. The van der Waals surface area contributed by atoms with Crippen molar-refractivity contribution < 1.29 is 9.90 Å². The van der Waals surface area contributed by atoms with E-state index in [-0.39, 0.29) is 17.9 Å². The molecule has 1 fully saturated rings. The Balaban J connectivity index is 2.58. The van der Waals surface area contributed by atoms with Crippen molar-refractivity contribution in [3.8, 4) is 0 Å². The highest BCUT2D eigenvalue weighted by Gasteiger charge is 2.41. The van der Waals surface area contributed by atoms with Crippen LogP contribution in [0.5, 0.6) is 0 Å². The predicted octanol–water partition coefficient (Wildman–Crippen LogP) is 1.19. The van der Waals surface area contributed by atoms with E-state index in [0.29, 0.717) is 25.0 Å². The number of nitrogens with zero attached hydrogens (tertiary/aromatic N) is 2. The van der Waals surface area contributed by atoms with Gasteiger partial charge in [0.25, 0.3) is 0 Å². The molecule has 1 N–H and O–H groups in total. The number of carbonyl (C=O) groups is 1. The zero-order valence-electron chi connectivity index (χ0n) is 12.4. The molecule has 4 nitrogen and oxygen atoms in total. The summed E-state index contributed by atoms with van der Waals surface area (Å²) in [5.74, 6) is 0.588. The lowest BCUT2D eigenvalue weighted by Crippen LogP contribution is -2.42. The molecule has 0 bridgehead atoms. The van der Waals surface area contributed by atoms with E-state index in [0.717, 1.165) is 13.0 Å². The number of carbonyl (C=O) groups excluding carboxylic acids is 1. The third kappa shape index (κ3) is 3.23. The number of amides is 1. The number of likely N-dealkylation sites (N-methyl/N-ethyl adjacent to an activating group) is 1. The minimum Gasteiger partial charge on any atom is -0.396 e. The maximum absolute atomic E-state index is 12.2. The van der Waals surface area contributed by atoms with Gasteiger partial charge in [-0.3, -0.25) is 9.69 Å². The van der Waals surface area contributed by atoms with E-state index in [9.17, 15) is 9.90 Å². The van der Waals surface area contributed by atoms with Gasteiger partial charge in [0.05, 0.1) is 13.2 Å². The van der Waals surface area contributed by atoms with Crippen molar-refractivity contribution in [2.45, 2.75) is 40.2 Å². The molecule has 0 saturated carbocycles. The third-order valence-corrected chi connectivity index (χ3v) is 4.54. The second-order valence-electron chi connectivity index (χ2n) is 6.25. The van der Waals surface area contributed by atoms with Gasteiger partial charge >= 0.3 is 0 Å². The summed E-state index contributed by atoms with van der Waals surface area (Å²) in [6.07, 6.45) is 0.915. The fraction of sp³-hybridized carbons (Fsp3) is 0.929. The average Bonchev–Trinajstić information content (AvgIpc) is 2.74. The van der Waals surface area contributed by atoms with Gasteiger partial charge in [0.1, 0.15) is 0 Å². The Morgan fingerprint density at radius 2 is 2.00 bits per heavy atom. The van der Waals surface area contributed by atoms with Crippen LogP contribution in [-0.2, 0) is 4.79 Å². The summed E-state index contributed by atoms with van der Waals surface area (Å²) in [4.78, 5) is 16.2. The van der Waals surface area contributed by atoms with Gasteiger partial charge in [-0.05, 0) is 33.2 Å². The van der Waals surface area contributed by atoms with Crippen LogP contribution >= 0.6 is 0 Å². The highest BCUT2D eigenvalue weighted by molar-refractivity contribution is 5.78. The molecule has 1 atom stereocenters. The lowest BCUT2D eigenvalue weighted by molar-refractivity contribution is -0.132. The lowest BCUT2D eigenvalue weighted by Gasteiger charge is -2.31. The Morgan fingerprint density at radius 1 is 1.39 bits per heavy atom. The second-order valence-corrected chi connectivity index (χ2v) is 6.25. The summed E-state index contributed by atoms with van der Waals surface area (Å²) < 4.78 is 0. The SMILES string of the molecule is CC(C)N(C)CC(=O)N1CCC(CO)(C(C)C)C1. The van der Waals surface area contributed by atoms with Crippen molar-refractivity contribution in [1.29, 1.82) is 0 Å². The summed E-state index contributed by atoms with van der Waals surface area (Å²) >= 11 is 0. The highest BCUT2D eigenvalue weighted by Crippen LogP contribution is 2.37. The van der Waals surface area contributed by atoms with Crippen LogP contribution < -0.4 is 0 Å². The molecule has 4 heteroatoms. The molecule has 0 aromatic carbocycles. The summed E-state index contributed by atoms with van der Waals surface area (Å²) in [7, 11) is 1.97. The van der Waals surface area contributed by atoms with Crippen molar-refractivity contribution in [2.75, 3.05) is 33.3 Å². The maximum Gasteiger partial charge on any atom is 0.236 e. The van der Waals surface area contributed by atoms with E-state index in [1.165, 1.54) is 0 Å². The first-order chi connectivity index (χ1) is 8.32. The van der Waals surface area contributed by atoms with Gasteiger partial charge in [0.2, 0.25) is 5.91 Å². The zero-order valence-corrected chi connectivity index (χ0v) is 12.4. The fourth-order valence-corrected chi connectivity index (χ4v) is 2.39. The first kappa shape index (κ1) is 15.4. The van der Waals surface area contributed by atoms with Gasteiger partial charge in [-0.1, -0.05) is 13.8 Å². The lowest BCUT2D eigenvalue weighted by atomic mass is 9.77. The topological polar surface area (TPSA) is 43.8 Å². The standard InChI is InChI=1S/C14H28N2O2/c1-11(2)14(10-17)6-7-16(9-14)13(18)8-15(5)12(3)4/h11-12,17H,6-10H2,1-5H3. The smallest absolute Gasteiger partial charge is 0.236 e. The van der Waals surface area contributed by atoms with E-state index in [2.05, 4.69) is 32.6 Å². The first-order valence-corrected chi connectivity index (χ1v) is 6.91. The van der Waals surface area contributed by atoms with Crippen molar-refractivity contribution in [2.24, 2.45) is 11.3 Å². The maximum atomic E-state index is 12.2. The Morgan fingerprint density at radius 3 is 2.39 bits per heavy atom. The zero-order chi connectivity index (χ0) is 13.9.